The predicted molar refractivity (Wildman–Crippen MR) is 64.4 cm³/mol. The highest BCUT2D eigenvalue weighted by Crippen LogP contribution is 2.10. The van der Waals surface area contributed by atoms with Crippen molar-refractivity contribution in [3.63, 3.8) is 0 Å². The number of carbonyl (C=O) groups is 2. The van der Waals surface area contributed by atoms with Crippen LogP contribution in [0.4, 0.5) is 10.1 Å². The summed E-state index contributed by atoms with van der Waals surface area (Å²) in [7, 11) is 0. The Hall–Kier alpha value is -1.95. The van der Waals surface area contributed by atoms with Gasteiger partial charge in [0.25, 0.3) is 0 Å². The van der Waals surface area contributed by atoms with Crippen molar-refractivity contribution < 1.29 is 14.0 Å². The molecule has 1 aliphatic heterocycles. The van der Waals surface area contributed by atoms with E-state index < -0.39 is 11.9 Å². The summed E-state index contributed by atoms with van der Waals surface area (Å²) in [5.41, 5.74) is 0.385. The molecule has 6 heteroatoms. The summed E-state index contributed by atoms with van der Waals surface area (Å²) in [4.78, 5) is 23.1. The summed E-state index contributed by atoms with van der Waals surface area (Å²) in [6.07, 6.45) is 0.0301. The van der Waals surface area contributed by atoms with Gasteiger partial charge in [-0.2, -0.15) is 0 Å². The monoisotopic (exact) mass is 251 g/mol. The van der Waals surface area contributed by atoms with Crippen LogP contribution in [-0.2, 0) is 9.59 Å². The van der Waals surface area contributed by atoms with Crippen LogP contribution in [0, 0.1) is 5.82 Å². The van der Waals surface area contributed by atoms with Gasteiger partial charge in [0.2, 0.25) is 11.8 Å². The Labute approximate surface area is 104 Å². The third kappa shape index (κ3) is 3.27. The maximum Gasteiger partial charge on any atom is 0.237 e. The quantitative estimate of drug-likeness (QED) is 0.721. The van der Waals surface area contributed by atoms with Crippen LogP contribution in [0.1, 0.15) is 6.42 Å². The van der Waals surface area contributed by atoms with E-state index >= 15 is 0 Å². The number of piperazine rings is 1. The molecule has 3 N–H and O–H groups in total. The highest BCUT2D eigenvalue weighted by atomic mass is 19.1. The maximum atomic E-state index is 12.9. The minimum atomic E-state index is -0.521. The first-order valence-corrected chi connectivity index (χ1v) is 5.71. The van der Waals surface area contributed by atoms with E-state index in [0.717, 1.165) is 0 Å². The molecule has 5 nitrogen and oxygen atoms in total. The van der Waals surface area contributed by atoms with E-state index in [1.165, 1.54) is 18.2 Å². The Morgan fingerprint density at radius 1 is 1.44 bits per heavy atom. The normalized spacial score (nSPS) is 19.2. The molecule has 0 aromatic heterocycles. The van der Waals surface area contributed by atoms with Crippen molar-refractivity contribution in [3.05, 3.63) is 30.1 Å². The molecule has 18 heavy (non-hydrogen) atoms. The predicted octanol–water partition coefficient (Wildman–Crippen LogP) is 0.242. The first kappa shape index (κ1) is 12.5. The summed E-state index contributed by atoms with van der Waals surface area (Å²) in [6, 6.07) is 5.11. The van der Waals surface area contributed by atoms with Gasteiger partial charge in [-0.15, -0.1) is 0 Å². The second kappa shape index (κ2) is 5.59. The molecule has 0 unspecified atom stereocenters. The average Bonchev–Trinajstić information content (AvgIpc) is 2.32. The second-order valence-corrected chi connectivity index (χ2v) is 4.06. The molecule has 2 amide bonds. The molecule has 1 saturated heterocycles. The summed E-state index contributed by atoms with van der Waals surface area (Å²) in [5.74, 6) is -0.924. The number of carbonyl (C=O) groups excluding carboxylic acids is 2. The summed E-state index contributed by atoms with van der Waals surface area (Å²) in [5, 5.41) is 8.17. The molecule has 0 spiro atoms. The lowest BCUT2D eigenvalue weighted by atomic mass is 10.1. The number of hydrogen-bond donors (Lipinski definition) is 3. The number of nitrogens with one attached hydrogen (secondary N) is 3. The molecule has 96 valence electrons. The molecule has 0 bridgehead atoms. The van der Waals surface area contributed by atoms with E-state index in [-0.39, 0.29) is 18.2 Å². The Morgan fingerprint density at radius 3 is 3.00 bits per heavy atom. The van der Waals surface area contributed by atoms with Gasteiger partial charge in [-0.05, 0) is 18.2 Å². The van der Waals surface area contributed by atoms with Crippen LogP contribution in [-0.4, -0.2) is 30.9 Å². The molecular formula is C12H14FN3O2. The van der Waals surface area contributed by atoms with E-state index in [4.69, 9.17) is 0 Å². The van der Waals surface area contributed by atoms with Crippen LogP contribution < -0.4 is 16.0 Å². The molecular weight excluding hydrogens is 237 g/mol. The third-order valence-corrected chi connectivity index (χ3v) is 2.63. The van der Waals surface area contributed by atoms with Gasteiger partial charge in [0, 0.05) is 18.8 Å². The van der Waals surface area contributed by atoms with Crippen molar-refractivity contribution in [1.29, 1.82) is 0 Å². The molecule has 0 radical (unpaired) electrons. The van der Waals surface area contributed by atoms with Crippen molar-refractivity contribution in [2.24, 2.45) is 0 Å². The average molecular weight is 251 g/mol. The molecule has 2 rings (SSSR count). The van der Waals surface area contributed by atoms with Gasteiger partial charge < -0.3 is 16.0 Å². The summed E-state index contributed by atoms with van der Waals surface area (Å²) < 4.78 is 12.9. The van der Waals surface area contributed by atoms with Gasteiger partial charge in [0.15, 0.2) is 0 Å². The SMILES string of the molecule is O=C(C[C@@H]1NCCNC1=O)Nc1cccc(F)c1. The van der Waals surface area contributed by atoms with E-state index in [1.807, 2.05) is 0 Å². The van der Waals surface area contributed by atoms with E-state index in [1.54, 1.807) is 6.07 Å². The minimum Gasteiger partial charge on any atom is -0.353 e. The smallest absolute Gasteiger partial charge is 0.237 e. The van der Waals surface area contributed by atoms with Crippen LogP contribution in [0.15, 0.2) is 24.3 Å². The van der Waals surface area contributed by atoms with Crippen molar-refractivity contribution in [3.8, 4) is 0 Å². The standard InChI is InChI=1S/C12H14FN3O2/c13-8-2-1-3-9(6-8)16-11(17)7-10-12(18)15-5-4-14-10/h1-3,6,10,14H,4-5,7H2,(H,15,18)(H,16,17)/t10-/m0/s1. The Balaban J connectivity index is 1.90. The van der Waals surface area contributed by atoms with Gasteiger partial charge in [-0.3, -0.25) is 9.59 Å². The number of hydrogen-bond acceptors (Lipinski definition) is 3. The molecule has 1 fully saturated rings. The number of amides is 2. The van der Waals surface area contributed by atoms with Crippen molar-refractivity contribution >= 4 is 17.5 Å². The largest absolute Gasteiger partial charge is 0.353 e. The zero-order valence-electron chi connectivity index (χ0n) is 9.70. The fourth-order valence-electron chi connectivity index (χ4n) is 1.78. The van der Waals surface area contributed by atoms with Gasteiger partial charge in [0.1, 0.15) is 5.82 Å². The van der Waals surface area contributed by atoms with Crippen molar-refractivity contribution in [2.45, 2.75) is 12.5 Å². The lowest BCUT2D eigenvalue weighted by Crippen LogP contribution is -2.53. The topological polar surface area (TPSA) is 70.2 Å². The first-order chi connectivity index (χ1) is 8.65. The fourth-order valence-corrected chi connectivity index (χ4v) is 1.78. The highest BCUT2D eigenvalue weighted by molar-refractivity contribution is 5.95. The van der Waals surface area contributed by atoms with Crippen molar-refractivity contribution in [2.75, 3.05) is 18.4 Å². The zero-order chi connectivity index (χ0) is 13.0. The van der Waals surface area contributed by atoms with Gasteiger partial charge >= 0.3 is 0 Å². The van der Waals surface area contributed by atoms with Crippen LogP contribution >= 0.6 is 0 Å². The zero-order valence-corrected chi connectivity index (χ0v) is 9.70. The van der Waals surface area contributed by atoms with Gasteiger partial charge in [-0.25, -0.2) is 4.39 Å². The number of anilines is 1. The number of halogens is 1. The molecule has 1 aromatic rings. The molecule has 1 heterocycles. The van der Waals surface area contributed by atoms with Crippen LogP contribution in [0.5, 0.6) is 0 Å². The molecule has 1 aromatic carbocycles. The van der Waals surface area contributed by atoms with E-state index in [0.29, 0.717) is 18.8 Å². The molecule has 0 aliphatic carbocycles. The highest BCUT2D eigenvalue weighted by Gasteiger charge is 2.23. The van der Waals surface area contributed by atoms with Gasteiger partial charge in [-0.1, -0.05) is 6.07 Å². The second-order valence-electron chi connectivity index (χ2n) is 4.06. The number of benzene rings is 1. The lowest BCUT2D eigenvalue weighted by molar-refractivity contribution is -0.127. The van der Waals surface area contributed by atoms with Crippen LogP contribution in [0.3, 0.4) is 0 Å². The Morgan fingerprint density at radius 2 is 2.28 bits per heavy atom. The van der Waals surface area contributed by atoms with Gasteiger partial charge in [0.05, 0.1) is 12.5 Å². The molecule has 1 aliphatic rings. The Kier molecular flexibility index (Phi) is 3.88. The van der Waals surface area contributed by atoms with Crippen LogP contribution in [0.25, 0.3) is 0 Å². The van der Waals surface area contributed by atoms with E-state index in [2.05, 4.69) is 16.0 Å². The Bertz CT molecular complexity index is 464. The first-order valence-electron chi connectivity index (χ1n) is 5.71. The summed E-state index contributed by atoms with van der Waals surface area (Å²) >= 11 is 0. The fraction of sp³-hybridized carbons (Fsp3) is 0.333. The molecule has 0 saturated carbocycles. The number of rotatable bonds is 3. The molecule has 1 atom stereocenters. The van der Waals surface area contributed by atoms with Crippen LogP contribution in [0.2, 0.25) is 0 Å². The lowest BCUT2D eigenvalue weighted by Gasteiger charge is -2.22. The third-order valence-electron chi connectivity index (χ3n) is 2.63. The maximum absolute atomic E-state index is 12.9. The minimum absolute atomic E-state index is 0.0301. The van der Waals surface area contributed by atoms with Crippen molar-refractivity contribution in [1.82, 2.24) is 10.6 Å². The summed E-state index contributed by atoms with van der Waals surface area (Å²) in [6.45, 7) is 1.21. The van der Waals surface area contributed by atoms with E-state index in [9.17, 15) is 14.0 Å².